The Balaban J connectivity index is 2.12. The van der Waals surface area contributed by atoms with E-state index in [4.69, 9.17) is 23.2 Å². The standard InChI is InChI=1S/C20H16Cl2N2O2/c1-3-5-17(25)24-12-8-9-16-13(10-12)18(11(2)23-16)20(26)19-14(21)6-4-7-15(19)22/h3-10,23H,1-2H3,(H,24,25)/b5-3+. The van der Waals surface area contributed by atoms with Gasteiger partial charge in [0.2, 0.25) is 5.91 Å². The first kappa shape index (κ1) is 18.2. The van der Waals surface area contributed by atoms with Crippen LogP contribution in [0.3, 0.4) is 0 Å². The zero-order chi connectivity index (χ0) is 18.8. The molecule has 6 heteroatoms. The van der Waals surface area contributed by atoms with Crippen molar-refractivity contribution >= 4 is 51.5 Å². The van der Waals surface area contributed by atoms with Crippen LogP contribution in [0.25, 0.3) is 10.9 Å². The molecule has 0 bridgehead atoms. The van der Waals surface area contributed by atoms with E-state index in [1.54, 1.807) is 43.3 Å². The predicted molar refractivity (Wildman–Crippen MR) is 106 cm³/mol. The maximum atomic E-state index is 13.1. The molecular weight excluding hydrogens is 371 g/mol. The Labute approximate surface area is 160 Å². The molecule has 132 valence electrons. The third-order valence-electron chi connectivity index (χ3n) is 3.99. The lowest BCUT2D eigenvalue weighted by molar-refractivity contribution is -0.111. The molecule has 1 amide bonds. The van der Waals surface area contributed by atoms with Gasteiger partial charge in [0, 0.05) is 22.3 Å². The Hall–Kier alpha value is -2.56. The molecule has 0 saturated heterocycles. The molecule has 2 aromatic carbocycles. The van der Waals surface area contributed by atoms with Crippen LogP contribution in [-0.4, -0.2) is 16.7 Å². The average Bonchev–Trinajstić information content (AvgIpc) is 2.90. The number of fused-ring (bicyclic) bond motifs is 1. The molecule has 0 unspecified atom stereocenters. The number of nitrogens with one attached hydrogen (secondary N) is 2. The molecule has 0 spiro atoms. The Morgan fingerprint density at radius 3 is 2.42 bits per heavy atom. The number of hydrogen-bond acceptors (Lipinski definition) is 2. The highest BCUT2D eigenvalue weighted by molar-refractivity contribution is 6.41. The summed E-state index contributed by atoms with van der Waals surface area (Å²) in [7, 11) is 0. The quantitative estimate of drug-likeness (QED) is 0.457. The second-order valence-electron chi connectivity index (χ2n) is 5.80. The van der Waals surface area contributed by atoms with Crippen LogP contribution in [-0.2, 0) is 4.79 Å². The van der Waals surface area contributed by atoms with Gasteiger partial charge in [-0.3, -0.25) is 9.59 Å². The lowest BCUT2D eigenvalue weighted by atomic mass is 10.00. The first-order valence-electron chi connectivity index (χ1n) is 7.97. The molecule has 0 atom stereocenters. The summed E-state index contributed by atoms with van der Waals surface area (Å²) in [5, 5.41) is 4.07. The molecule has 26 heavy (non-hydrogen) atoms. The second-order valence-corrected chi connectivity index (χ2v) is 6.61. The molecule has 0 fully saturated rings. The van der Waals surface area contributed by atoms with Gasteiger partial charge in [-0.15, -0.1) is 0 Å². The van der Waals surface area contributed by atoms with Crippen LogP contribution in [0, 0.1) is 6.92 Å². The van der Waals surface area contributed by atoms with Crippen molar-refractivity contribution < 1.29 is 9.59 Å². The van der Waals surface area contributed by atoms with Crippen molar-refractivity contribution in [1.29, 1.82) is 0 Å². The third-order valence-corrected chi connectivity index (χ3v) is 4.62. The largest absolute Gasteiger partial charge is 0.358 e. The molecule has 0 radical (unpaired) electrons. The predicted octanol–water partition coefficient (Wildman–Crippen LogP) is 5.53. The van der Waals surface area contributed by atoms with Crippen molar-refractivity contribution in [3.8, 4) is 0 Å². The number of anilines is 1. The molecule has 2 N–H and O–H groups in total. The monoisotopic (exact) mass is 386 g/mol. The van der Waals surface area contributed by atoms with Crippen LogP contribution in [0.2, 0.25) is 10.0 Å². The highest BCUT2D eigenvalue weighted by Crippen LogP contribution is 2.32. The first-order chi connectivity index (χ1) is 12.4. The van der Waals surface area contributed by atoms with Crippen LogP contribution in [0.5, 0.6) is 0 Å². The van der Waals surface area contributed by atoms with Crippen LogP contribution in [0.4, 0.5) is 5.69 Å². The number of ketones is 1. The summed E-state index contributed by atoms with van der Waals surface area (Å²) in [6, 6.07) is 10.3. The molecule has 1 heterocycles. The van der Waals surface area contributed by atoms with Crippen LogP contribution in [0.1, 0.15) is 28.5 Å². The number of carbonyl (C=O) groups is 2. The number of hydrogen-bond donors (Lipinski definition) is 2. The van der Waals surface area contributed by atoms with E-state index in [0.29, 0.717) is 32.4 Å². The Morgan fingerprint density at radius 1 is 1.08 bits per heavy atom. The Kier molecular flexibility index (Phi) is 5.16. The number of H-pyrrole nitrogens is 1. The lowest BCUT2D eigenvalue weighted by Gasteiger charge is -2.07. The Bertz CT molecular complexity index is 1030. The summed E-state index contributed by atoms with van der Waals surface area (Å²) in [5.74, 6) is -0.498. The smallest absolute Gasteiger partial charge is 0.248 e. The molecular formula is C20H16Cl2N2O2. The van der Waals surface area contributed by atoms with Crippen molar-refractivity contribution in [3.05, 3.63) is 75.4 Å². The van der Waals surface area contributed by atoms with Gasteiger partial charge < -0.3 is 10.3 Å². The molecule has 3 rings (SSSR count). The van der Waals surface area contributed by atoms with Gasteiger partial charge in [0.1, 0.15) is 0 Å². The second kappa shape index (κ2) is 7.36. The van der Waals surface area contributed by atoms with E-state index in [1.165, 1.54) is 6.08 Å². The van der Waals surface area contributed by atoms with E-state index in [9.17, 15) is 9.59 Å². The van der Waals surface area contributed by atoms with Gasteiger partial charge in [-0.25, -0.2) is 0 Å². The molecule has 0 aliphatic rings. The van der Waals surface area contributed by atoms with E-state index >= 15 is 0 Å². The van der Waals surface area contributed by atoms with Crippen LogP contribution >= 0.6 is 23.2 Å². The molecule has 1 aromatic heterocycles. The SMILES string of the molecule is C/C=C/C(=O)Nc1ccc2[nH]c(C)c(C(=O)c3c(Cl)cccc3Cl)c2c1. The van der Waals surface area contributed by atoms with E-state index in [0.717, 1.165) is 5.52 Å². The highest BCUT2D eigenvalue weighted by atomic mass is 35.5. The normalized spacial score (nSPS) is 11.2. The fourth-order valence-electron chi connectivity index (χ4n) is 2.87. The van der Waals surface area contributed by atoms with Gasteiger partial charge >= 0.3 is 0 Å². The van der Waals surface area contributed by atoms with Gasteiger partial charge in [-0.05, 0) is 50.3 Å². The fraction of sp³-hybridized carbons (Fsp3) is 0.100. The van der Waals surface area contributed by atoms with Crippen molar-refractivity contribution in [1.82, 2.24) is 4.98 Å². The summed E-state index contributed by atoms with van der Waals surface area (Å²) in [4.78, 5) is 28.1. The van der Waals surface area contributed by atoms with Gasteiger partial charge in [0.25, 0.3) is 0 Å². The number of carbonyl (C=O) groups excluding carboxylic acids is 2. The molecule has 0 aliphatic carbocycles. The minimum absolute atomic E-state index is 0.235. The maximum absolute atomic E-state index is 13.1. The minimum atomic E-state index is -0.263. The van der Waals surface area contributed by atoms with Gasteiger partial charge in [0.15, 0.2) is 5.78 Å². The van der Waals surface area contributed by atoms with Crippen molar-refractivity contribution in [2.45, 2.75) is 13.8 Å². The van der Waals surface area contributed by atoms with Crippen molar-refractivity contribution in [3.63, 3.8) is 0 Å². The lowest BCUT2D eigenvalue weighted by Crippen LogP contribution is -2.08. The van der Waals surface area contributed by atoms with E-state index in [-0.39, 0.29) is 17.3 Å². The van der Waals surface area contributed by atoms with Gasteiger partial charge in [-0.2, -0.15) is 0 Å². The molecule has 0 saturated carbocycles. The minimum Gasteiger partial charge on any atom is -0.358 e. The summed E-state index contributed by atoms with van der Waals surface area (Å²) >= 11 is 12.4. The van der Waals surface area contributed by atoms with E-state index < -0.39 is 0 Å². The van der Waals surface area contributed by atoms with Crippen LogP contribution < -0.4 is 5.32 Å². The fourth-order valence-corrected chi connectivity index (χ4v) is 3.44. The first-order valence-corrected chi connectivity index (χ1v) is 8.72. The number of aromatic amines is 1. The third kappa shape index (κ3) is 3.39. The van der Waals surface area contributed by atoms with E-state index in [2.05, 4.69) is 10.3 Å². The zero-order valence-corrected chi connectivity index (χ0v) is 15.7. The van der Waals surface area contributed by atoms with Gasteiger partial charge in [-0.1, -0.05) is 35.3 Å². The number of amides is 1. The molecule has 3 aromatic rings. The summed E-state index contributed by atoms with van der Waals surface area (Å²) < 4.78 is 0. The summed E-state index contributed by atoms with van der Waals surface area (Å²) in [6.45, 7) is 3.58. The van der Waals surface area contributed by atoms with E-state index in [1.807, 2.05) is 13.0 Å². The summed E-state index contributed by atoms with van der Waals surface area (Å²) in [6.07, 6.45) is 3.09. The highest BCUT2D eigenvalue weighted by Gasteiger charge is 2.22. The Morgan fingerprint density at radius 2 is 1.77 bits per heavy atom. The van der Waals surface area contributed by atoms with Crippen molar-refractivity contribution in [2.24, 2.45) is 0 Å². The number of rotatable bonds is 4. The average molecular weight is 387 g/mol. The number of allylic oxidation sites excluding steroid dienone is 1. The number of halogens is 2. The number of aromatic nitrogens is 1. The van der Waals surface area contributed by atoms with Gasteiger partial charge in [0.05, 0.1) is 21.2 Å². The summed E-state index contributed by atoms with van der Waals surface area (Å²) in [5.41, 5.74) is 2.84. The number of aryl methyl sites for hydroxylation is 1. The molecule has 0 aliphatic heterocycles. The maximum Gasteiger partial charge on any atom is 0.248 e. The van der Waals surface area contributed by atoms with Crippen LogP contribution in [0.15, 0.2) is 48.6 Å². The topological polar surface area (TPSA) is 62.0 Å². The number of benzene rings is 2. The molecule has 4 nitrogen and oxygen atoms in total. The zero-order valence-electron chi connectivity index (χ0n) is 14.2. The van der Waals surface area contributed by atoms with Crippen molar-refractivity contribution in [2.75, 3.05) is 5.32 Å².